The molecule has 4 heterocycles. The third-order valence-electron chi connectivity index (χ3n) is 6.85. The van der Waals surface area contributed by atoms with Gasteiger partial charge in [-0.25, -0.2) is 9.97 Å². The zero-order chi connectivity index (χ0) is 23.8. The average molecular weight is 470 g/mol. The molecule has 178 valence electrons. The standard InChI is InChI=1S/C26H27N7O2/c34-18-4-2-1-3-16(11-18)31-17-5-8-23(28-12-17)32-21-7-6-19(20-13-30-26(35)25(20)21)22-14-29-24-15-27-9-10-33(22)24/h5-10,12,14-16,18,31,34H,1-4,11,13H2,(H,28,32)(H,30,35)/t16-,18+/m1/s1. The summed E-state index contributed by atoms with van der Waals surface area (Å²) < 4.78 is 1.97. The molecule has 4 N–H and O–H groups in total. The molecular formula is C26H27N7O2. The Balaban J connectivity index is 1.25. The van der Waals surface area contributed by atoms with Crippen LogP contribution in [-0.2, 0) is 6.54 Å². The molecule has 1 aromatic carbocycles. The van der Waals surface area contributed by atoms with Crippen molar-refractivity contribution in [3.05, 3.63) is 66.4 Å². The highest BCUT2D eigenvalue weighted by atomic mass is 16.3. The van der Waals surface area contributed by atoms with Gasteiger partial charge in [0.1, 0.15) is 5.82 Å². The van der Waals surface area contributed by atoms with Crippen LogP contribution in [0.3, 0.4) is 0 Å². The van der Waals surface area contributed by atoms with E-state index in [0.717, 1.165) is 60.3 Å². The molecule has 3 aromatic heterocycles. The second-order valence-corrected chi connectivity index (χ2v) is 9.22. The fourth-order valence-electron chi connectivity index (χ4n) is 5.13. The third-order valence-corrected chi connectivity index (χ3v) is 6.85. The first kappa shape index (κ1) is 21.5. The number of carbonyl (C=O) groups excluding carboxylic acids is 1. The molecule has 1 amide bonds. The van der Waals surface area contributed by atoms with Crippen molar-refractivity contribution in [2.24, 2.45) is 0 Å². The molecule has 0 radical (unpaired) electrons. The number of aliphatic hydroxyl groups is 1. The van der Waals surface area contributed by atoms with Gasteiger partial charge >= 0.3 is 0 Å². The first-order valence-corrected chi connectivity index (χ1v) is 12.0. The summed E-state index contributed by atoms with van der Waals surface area (Å²) in [4.78, 5) is 25.9. The van der Waals surface area contributed by atoms with Crippen LogP contribution in [0.15, 0.2) is 55.2 Å². The molecule has 35 heavy (non-hydrogen) atoms. The highest BCUT2D eigenvalue weighted by molar-refractivity contribution is 6.06. The number of anilines is 3. The summed E-state index contributed by atoms with van der Waals surface area (Å²) in [5.74, 6) is 0.553. The number of carbonyl (C=O) groups is 1. The monoisotopic (exact) mass is 469 g/mol. The number of hydrogen-bond acceptors (Lipinski definition) is 7. The van der Waals surface area contributed by atoms with Crippen molar-refractivity contribution in [3.63, 3.8) is 0 Å². The van der Waals surface area contributed by atoms with Gasteiger partial charge in [0.15, 0.2) is 5.65 Å². The quantitative estimate of drug-likeness (QED) is 0.328. The van der Waals surface area contributed by atoms with Crippen LogP contribution in [-0.4, -0.2) is 42.5 Å². The summed E-state index contributed by atoms with van der Waals surface area (Å²) in [5, 5.41) is 19.8. The van der Waals surface area contributed by atoms with Gasteiger partial charge in [-0.3, -0.25) is 14.2 Å². The number of hydrogen-bond donors (Lipinski definition) is 4. The second kappa shape index (κ2) is 8.99. The van der Waals surface area contributed by atoms with Gasteiger partial charge in [-0.15, -0.1) is 0 Å². The number of aliphatic hydroxyl groups excluding tert-OH is 1. The molecule has 1 saturated carbocycles. The van der Waals surface area contributed by atoms with Crippen LogP contribution in [0, 0.1) is 0 Å². The molecule has 0 unspecified atom stereocenters. The minimum atomic E-state index is -0.239. The predicted molar refractivity (Wildman–Crippen MR) is 134 cm³/mol. The molecule has 2 aliphatic rings. The lowest BCUT2D eigenvalue weighted by molar-refractivity contribution is 0.0966. The lowest BCUT2D eigenvalue weighted by Crippen LogP contribution is -2.23. The number of imidazole rings is 1. The Morgan fingerprint density at radius 3 is 2.86 bits per heavy atom. The maximum Gasteiger partial charge on any atom is 0.254 e. The fourth-order valence-corrected chi connectivity index (χ4v) is 5.13. The first-order valence-electron chi connectivity index (χ1n) is 12.0. The maximum absolute atomic E-state index is 12.8. The molecule has 2 atom stereocenters. The lowest BCUT2D eigenvalue weighted by Gasteiger charge is -2.19. The van der Waals surface area contributed by atoms with Crippen molar-refractivity contribution in [2.45, 2.75) is 50.8 Å². The van der Waals surface area contributed by atoms with Gasteiger partial charge in [-0.1, -0.05) is 18.9 Å². The summed E-state index contributed by atoms with van der Waals surface area (Å²) in [6.45, 7) is 0.459. The van der Waals surface area contributed by atoms with E-state index in [-0.39, 0.29) is 18.1 Å². The first-order chi connectivity index (χ1) is 17.2. The minimum Gasteiger partial charge on any atom is -0.393 e. The zero-order valence-corrected chi connectivity index (χ0v) is 19.2. The number of pyridine rings is 1. The van der Waals surface area contributed by atoms with Gasteiger partial charge in [-0.05, 0) is 43.0 Å². The summed E-state index contributed by atoms with van der Waals surface area (Å²) in [5.41, 5.74) is 5.84. The minimum absolute atomic E-state index is 0.106. The van der Waals surface area contributed by atoms with E-state index < -0.39 is 0 Å². The van der Waals surface area contributed by atoms with Crippen LogP contribution in [0.25, 0.3) is 16.9 Å². The predicted octanol–water partition coefficient (Wildman–Crippen LogP) is 3.88. The van der Waals surface area contributed by atoms with Crippen LogP contribution >= 0.6 is 0 Å². The molecule has 0 bridgehead atoms. The number of nitrogens with zero attached hydrogens (tertiary/aromatic N) is 4. The highest BCUT2D eigenvalue weighted by Crippen LogP contribution is 2.35. The van der Waals surface area contributed by atoms with Gasteiger partial charge in [0, 0.05) is 30.5 Å². The maximum atomic E-state index is 12.8. The topological polar surface area (TPSA) is 116 Å². The van der Waals surface area contributed by atoms with Crippen LogP contribution in [0.4, 0.5) is 17.2 Å². The SMILES string of the molecule is O=C1NCc2c(-c3cnc4cnccn34)ccc(Nc3ccc(N[C@@H]4CCCC[C@H](O)C4)cn3)c21. The smallest absolute Gasteiger partial charge is 0.254 e. The van der Waals surface area contributed by atoms with Gasteiger partial charge < -0.3 is 21.1 Å². The molecule has 4 aromatic rings. The molecule has 9 nitrogen and oxygen atoms in total. The van der Waals surface area contributed by atoms with E-state index in [2.05, 4.69) is 30.9 Å². The second-order valence-electron chi connectivity index (χ2n) is 9.22. The van der Waals surface area contributed by atoms with E-state index in [1.54, 1.807) is 18.6 Å². The number of benzene rings is 1. The molecule has 1 aliphatic heterocycles. The van der Waals surface area contributed by atoms with Crippen molar-refractivity contribution in [3.8, 4) is 11.3 Å². The molecule has 6 rings (SSSR count). The molecule has 1 fully saturated rings. The third kappa shape index (κ3) is 4.19. The van der Waals surface area contributed by atoms with Crippen LogP contribution in [0.1, 0.15) is 48.0 Å². The number of nitrogens with one attached hydrogen (secondary N) is 3. The molecule has 0 saturated heterocycles. The molecule has 1 aliphatic carbocycles. The zero-order valence-electron chi connectivity index (χ0n) is 19.2. The summed E-state index contributed by atoms with van der Waals surface area (Å²) >= 11 is 0. The van der Waals surface area contributed by atoms with Gasteiger partial charge in [-0.2, -0.15) is 0 Å². The Morgan fingerprint density at radius 1 is 1.06 bits per heavy atom. The Bertz CT molecular complexity index is 1380. The lowest BCUT2D eigenvalue weighted by atomic mass is 9.99. The normalized spacial score (nSPS) is 19.7. The van der Waals surface area contributed by atoms with Crippen molar-refractivity contribution >= 4 is 28.7 Å². The van der Waals surface area contributed by atoms with E-state index in [1.807, 2.05) is 41.1 Å². The Labute approximate surface area is 202 Å². The van der Waals surface area contributed by atoms with Crippen LogP contribution in [0.2, 0.25) is 0 Å². The molecule has 0 spiro atoms. The number of amides is 1. The Hall–Kier alpha value is -3.98. The molecule has 9 heteroatoms. The molecular weight excluding hydrogens is 442 g/mol. The summed E-state index contributed by atoms with van der Waals surface area (Å²) in [7, 11) is 0. The van der Waals surface area contributed by atoms with E-state index >= 15 is 0 Å². The van der Waals surface area contributed by atoms with Gasteiger partial charge in [0.25, 0.3) is 5.91 Å². The van der Waals surface area contributed by atoms with Crippen LogP contribution in [0.5, 0.6) is 0 Å². The van der Waals surface area contributed by atoms with E-state index in [9.17, 15) is 9.90 Å². The van der Waals surface area contributed by atoms with Gasteiger partial charge in [0.2, 0.25) is 0 Å². The average Bonchev–Trinajstić information content (AvgIpc) is 3.41. The number of aromatic nitrogens is 4. The number of rotatable bonds is 5. The van der Waals surface area contributed by atoms with Crippen molar-refractivity contribution in [2.75, 3.05) is 10.6 Å². The van der Waals surface area contributed by atoms with Crippen molar-refractivity contribution < 1.29 is 9.90 Å². The van der Waals surface area contributed by atoms with Crippen molar-refractivity contribution in [1.29, 1.82) is 0 Å². The summed E-state index contributed by atoms with van der Waals surface area (Å²) in [6, 6.07) is 8.07. The fraction of sp³-hybridized carbons (Fsp3) is 0.308. The summed E-state index contributed by atoms with van der Waals surface area (Å²) in [6.07, 6.45) is 13.6. The van der Waals surface area contributed by atoms with E-state index in [0.29, 0.717) is 23.6 Å². The van der Waals surface area contributed by atoms with E-state index in [4.69, 9.17) is 0 Å². The largest absolute Gasteiger partial charge is 0.393 e. The van der Waals surface area contributed by atoms with Crippen LogP contribution < -0.4 is 16.0 Å². The Morgan fingerprint density at radius 2 is 1.97 bits per heavy atom. The Kier molecular flexibility index (Phi) is 5.54. The van der Waals surface area contributed by atoms with E-state index in [1.165, 1.54) is 0 Å². The number of fused-ring (bicyclic) bond motifs is 2. The van der Waals surface area contributed by atoms with Gasteiger partial charge in [0.05, 0.1) is 47.3 Å². The highest BCUT2D eigenvalue weighted by Gasteiger charge is 2.27. The van der Waals surface area contributed by atoms with Crippen molar-refractivity contribution in [1.82, 2.24) is 24.7 Å².